The number of rotatable bonds is 5. The average molecular weight is 271 g/mol. The summed E-state index contributed by atoms with van der Waals surface area (Å²) in [6, 6.07) is 8.52. The van der Waals surface area contributed by atoms with Crippen molar-refractivity contribution in [1.29, 1.82) is 0 Å². The normalized spacial score (nSPS) is 22.7. The Morgan fingerprint density at radius 3 is 2.85 bits per heavy atom. The fourth-order valence-corrected chi connectivity index (χ4v) is 3.48. The molecule has 0 saturated carbocycles. The highest BCUT2D eigenvalue weighted by atomic mass is 15.1. The average Bonchev–Trinajstić information content (AvgIpc) is 3.06. The van der Waals surface area contributed by atoms with Crippen molar-refractivity contribution in [1.82, 2.24) is 14.9 Å². The number of fused-ring (bicyclic) bond motifs is 1. The molecule has 1 fully saturated rings. The molecule has 1 N–H and O–H groups in total. The molecular formula is C17H25N3. The lowest BCUT2D eigenvalue weighted by molar-refractivity contribution is 0.348. The second kappa shape index (κ2) is 5.57. The van der Waals surface area contributed by atoms with Gasteiger partial charge < -0.3 is 9.88 Å². The van der Waals surface area contributed by atoms with Crippen LogP contribution in [0, 0.1) is 0 Å². The molecule has 1 atom stereocenters. The summed E-state index contributed by atoms with van der Waals surface area (Å²) in [5, 5.41) is 3.73. The molecule has 1 aromatic heterocycles. The first-order valence-corrected chi connectivity index (χ1v) is 7.97. The number of hydrogen-bond acceptors (Lipinski definition) is 2. The van der Waals surface area contributed by atoms with Gasteiger partial charge >= 0.3 is 0 Å². The van der Waals surface area contributed by atoms with Crippen molar-refractivity contribution in [2.45, 2.75) is 58.0 Å². The van der Waals surface area contributed by atoms with Gasteiger partial charge in [0.05, 0.1) is 11.0 Å². The van der Waals surface area contributed by atoms with Gasteiger partial charge in [0.1, 0.15) is 5.82 Å². The van der Waals surface area contributed by atoms with Gasteiger partial charge in [-0.1, -0.05) is 26.0 Å². The van der Waals surface area contributed by atoms with Crippen LogP contribution in [0.1, 0.15) is 45.4 Å². The standard InChI is InChI=1S/C17H25N3/c1-3-12-20-15-9-6-5-8-14(15)19-16(20)13-17(4-2)10-7-11-18-17/h5-6,8-9,18H,3-4,7,10-13H2,1-2H3. The van der Waals surface area contributed by atoms with Crippen LogP contribution in [0.5, 0.6) is 0 Å². The summed E-state index contributed by atoms with van der Waals surface area (Å²) in [6.45, 7) is 6.75. The van der Waals surface area contributed by atoms with Crippen LogP contribution >= 0.6 is 0 Å². The Morgan fingerprint density at radius 1 is 1.30 bits per heavy atom. The zero-order valence-corrected chi connectivity index (χ0v) is 12.7. The predicted molar refractivity (Wildman–Crippen MR) is 84.0 cm³/mol. The molecule has 3 rings (SSSR count). The van der Waals surface area contributed by atoms with Crippen LogP contribution in [0.25, 0.3) is 11.0 Å². The maximum atomic E-state index is 4.91. The van der Waals surface area contributed by atoms with Gasteiger partial charge in [-0.3, -0.25) is 0 Å². The van der Waals surface area contributed by atoms with Crippen molar-refractivity contribution in [2.24, 2.45) is 0 Å². The SMILES string of the molecule is CCCn1c(CC2(CC)CCCN2)nc2ccccc21. The Kier molecular flexibility index (Phi) is 3.79. The molecule has 20 heavy (non-hydrogen) atoms. The summed E-state index contributed by atoms with van der Waals surface area (Å²) in [4.78, 5) is 4.91. The van der Waals surface area contributed by atoms with Gasteiger partial charge in [-0.05, 0) is 44.4 Å². The lowest BCUT2D eigenvalue weighted by Crippen LogP contribution is -2.42. The molecule has 3 heteroatoms. The second-order valence-corrected chi connectivity index (χ2v) is 6.01. The molecule has 1 saturated heterocycles. The van der Waals surface area contributed by atoms with E-state index in [1.807, 2.05) is 0 Å². The van der Waals surface area contributed by atoms with Gasteiger partial charge in [-0.2, -0.15) is 0 Å². The quantitative estimate of drug-likeness (QED) is 0.901. The monoisotopic (exact) mass is 271 g/mol. The Labute approximate surface area is 121 Å². The number of aryl methyl sites for hydroxylation is 1. The fraction of sp³-hybridized carbons (Fsp3) is 0.588. The molecular weight excluding hydrogens is 246 g/mol. The van der Waals surface area contributed by atoms with Crippen molar-refractivity contribution >= 4 is 11.0 Å². The molecule has 1 aliphatic heterocycles. The van der Waals surface area contributed by atoms with Crippen LogP contribution in [0.2, 0.25) is 0 Å². The van der Waals surface area contributed by atoms with Crippen LogP contribution in [0.4, 0.5) is 0 Å². The molecule has 2 heterocycles. The van der Waals surface area contributed by atoms with E-state index in [4.69, 9.17) is 4.98 Å². The zero-order valence-electron chi connectivity index (χ0n) is 12.7. The van der Waals surface area contributed by atoms with E-state index in [1.54, 1.807) is 0 Å². The number of imidazole rings is 1. The predicted octanol–water partition coefficient (Wildman–Crippen LogP) is 3.52. The lowest BCUT2D eigenvalue weighted by Gasteiger charge is -2.28. The van der Waals surface area contributed by atoms with E-state index in [1.165, 1.54) is 30.6 Å². The minimum absolute atomic E-state index is 0.271. The summed E-state index contributed by atoms with van der Waals surface area (Å²) in [6.07, 6.45) is 5.96. The highest BCUT2D eigenvalue weighted by molar-refractivity contribution is 5.75. The molecule has 0 radical (unpaired) electrons. The van der Waals surface area contributed by atoms with Gasteiger partial charge in [-0.15, -0.1) is 0 Å². The van der Waals surface area contributed by atoms with Crippen molar-refractivity contribution in [3.05, 3.63) is 30.1 Å². The molecule has 2 aromatic rings. The van der Waals surface area contributed by atoms with E-state index in [0.29, 0.717) is 0 Å². The van der Waals surface area contributed by atoms with E-state index in [-0.39, 0.29) is 5.54 Å². The number of nitrogens with one attached hydrogen (secondary N) is 1. The van der Waals surface area contributed by atoms with Crippen molar-refractivity contribution in [3.63, 3.8) is 0 Å². The maximum Gasteiger partial charge on any atom is 0.111 e. The Hall–Kier alpha value is -1.35. The van der Waals surface area contributed by atoms with E-state index < -0.39 is 0 Å². The van der Waals surface area contributed by atoms with Gasteiger partial charge in [-0.25, -0.2) is 4.98 Å². The van der Waals surface area contributed by atoms with Crippen LogP contribution < -0.4 is 5.32 Å². The third-order valence-corrected chi connectivity index (χ3v) is 4.69. The smallest absolute Gasteiger partial charge is 0.111 e. The molecule has 1 aliphatic rings. The Balaban J connectivity index is 1.99. The number of benzene rings is 1. The zero-order chi connectivity index (χ0) is 14.0. The summed E-state index contributed by atoms with van der Waals surface area (Å²) >= 11 is 0. The highest BCUT2D eigenvalue weighted by Crippen LogP contribution is 2.28. The van der Waals surface area contributed by atoms with Crippen LogP contribution in [-0.2, 0) is 13.0 Å². The summed E-state index contributed by atoms with van der Waals surface area (Å²) < 4.78 is 2.42. The van der Waals surface area contributed by atoms with E-state index in [9.17, 15) is 0 Å². The number of nitrogens with zero attached hydrogens (tertiary/aromatic N) is 2. The molecule has 3 nitrogen and oxygen atoms in total. The first kappa shape index (κ1) is 13.6. The van der Waals surface area contributed by atoms with Crippen molar-refractivity contribution in [2.75, 3.05) is 6.54 Å². The van der Waals surface area contributed by atoms with Gasteiger partial charge in [0.15, 0.2) is 0 Å². The molecule has 0 bridgehead atoms. The van der Waals surface area contributed by atoms with Crippen LogP contribution in [-0.4, -0.2) is 21.6 Å². The molecule has 1 unspecified atom stereocenters. The highest BCUT2D eigenvalue weighted by Gasteiger charge is 2.33. The summed E-state index contributed by atoms with van der Waals surface area (Å²) in [7, 11) is 0. The summed E-state index contributed by atoms with van der Waals surface area (Å²) in [5.74, 6) is 1.25. The van der Waals surface area contributed by atoms with E-state index in [2.05, 4.69) is 48.0 Å². The maximum absolute atomic E-state index is 4.91. The second-order valence-electron chi connectivity index (χ2n) is 6.01. The number of hydrogen-bond donors (Lipinski definition) is 1. The van der Waals surface area contributed by atoms with Crippen molar-refractivity contribution in [3.8, 4) is 0 Å². The van der Waals surface area contributed by atoms with Gasteiger partial charge in [0.2, 0.25) is 0 Å². The Morgan fingerprint density at radius 2 is 2.15 bits per heavy atom. The van der Waals surface area contributed by atoms with Crippen molar-refractivity contribution < 1.29 is 0 Å². The van der Waals surface area contributed by atoms with Crippen LogP contribution in [0.3, 0.4) is 0 Å². The third-order valence-electron chi connectivity index (χ3n) is 4.69. The molecule has 1 aromatic carbocycles. The first-order chi connectivity index (χ1) is 9.78. The lowest BCUT2D eigenvalue weighted by atomic mass is 9.90. The summed E-state index contributed by atoms with van der Waals surface area (Å²) in [5.41, 5.74) is 2.70. The number of aromatic nitrogens is 2. The molecule has 0 spiro atoms. The third kappa shape index (κ3) is 2.35. The van der Waals surface area contributed by atoms with E-state index in [0.717, 1.165) is 31.4 Å². The fourth-order valence-electron chi connectivity index (χ4n) is 3.48. The minimum Gasteiger partial charge on any atom is -0.328 e. The molecule has 0 amide bonds. The first-order valence-electron chi connectivity index (χ1n) is 7.97. The molecule has 0 aliphatic carbocycles. The minimum atomic E-state index is 0.271. The van der Waals surface area contributed by atoms with Gasteiger partial charge in [0.25, 0.3) is 0 Å². The molecule has 108 valence electrons. The Bertz CT molecular complexity index is 579. The topological polar surface area (TPSA) is 29.9 Å². The number of para-hydroxylation sites is 2. The van der Waals surface area contributed by atoms with E-state index >= 15 is 0 Å². The van der Waals surface area contributed by atoms with Gasteiger partial charge in [0, 0.05) is 18.5 Å². The largest absolute Gasteiger partial charge is 0.328 e. The van der Waals surface area contributed by atoms with Crippen LogP contribution in [0.15, 0.2) is 24.3 Å².